The lowest BCUT2D eigenvalue weighted by Gasteiger charge is -2.19. The van der Waals surface area contributed by atoms with E-state index in [2.05, 4.69) is 15.9 Å². The average Bonchev–Trinajstić information content (AvgIpc) is 2.61. The van der Waals surface area contributed by atoms with Crippen molar-refractivity contribution in [2.75, 3.05) is 20.8 Å². The van der Waals surface area contributed by atoms with Gasteiger partial charge >= 0.3 is 0 Å². The zero-order valence-electron chi connectivity index (χ0n) is 13.5. The Morgan fingerprint density at radius 1 is 1.21 bits per heavy atom. The third-order valence-corrected chi connectivity index (χ3v) is 4.24. The number of halogens is 1. The predicted molar refractivity (Wildman–Crippen MR) is 94.5 cm³/mol. The molecule has 0 aromatic heterocycles. The molecule has 126 valence electrons. The molecule has 2 aromatic rings. The monoisotopic (exact) mass is 391 g/mol. The highest BCUT2D eigenvalue weighted by atomic mass is 79.9. The Labute approximate surface area is 149 Å². The number of ether oxygens (including phenoxy) is 2. The summed E-state index contributed by atoms with van der Waals surface area (Å²) in [5.74, 6) is 0.680. The molecule has 5 nitrogen and oxygen atoms in total. The number of nitrogens with zero attached hydrogens (tertiary/aromatic N) is 1. The van der Waals surface area contributed by atoms with E-state index in [4.69, 9.17) is 9.47 Å². The van der Waals surface area contributed by atoms with Gasteiger partial charge in [-0.05, 0) is 29.8 Å². The van der Waals surface area contributed by atoms with E-state index in [0.29, 0.717) is 23.6 Å². The summed E-state index contributed by atoms with van der Waals surface area (Å²) in [5, 5.41) is 0. The second kappa shape index (κ2) is 8.49. The summed E-state index contributed by atoms with van der Waals surface area (Å²) in [6, 6.07) is 12.5. The Balaban J connectivity index is 1.97. The minimum atomic E-state index is -0.160. The van der Waals surface area contributed by atoms with Gasteiger partial charge in [0.1, 0.15) is 6.29 Å². The van der Waals surface area contributed by atoms with Crippen LogP contribution in [-0.4, -0.2) is 37.9 Å². The number of rotatable bonds is 7. The molecular weight excluding hydrogens is 374 g/mol. The topological polar surface area (TPSA) is 55.8 Å². The van der Waals surface area contributed by atoms with Crippen LogP contribution in [0.25, 0.3) is 0 Å². The Kier molecular flexibility index (Phi) is 6.37. The maximum absolute atomic E-state index is 12.2. The van der Waals surface area contributed by atoms with Gasteiger partial charge in [0, 0.05) is 23.6 Å². The molecule has 0 atom stereocenters. The number of carbonyl (C=O) groups is 2. The van der Waals surface area contributed by atoms with Crippen LogP contribution in [0.1, 0.15) is 15.9 Å². The van der Waals surface area contributed by atoms with E-state index in [1.807, 2.05) is 24.3 Å². The first-order chi connectivity index (χ1) is 11.5. The number of hydrogen-bond acceptors (Lipinski definition) is 4. The van der Waals surface area contributed by atoms with Crippen molar-refractivity contribution in [1.29, 1.82) is 0 Å². The van der Waals surface area contributed by atoms with Gasteiger partial charge in [0.25, 0.3) is 5.91 Å². The molecular formula is C18H18BrNO4. The number of hydrogen-bond donors (Lipinski definition) is 0. The SMILES string of the molecule is COc1cc(C=O)ccc1OCC(=O)N(C)Cc1ccccc1Br. The molecule has 0 unspecified atom stereocenters. The number of benzene rings is 2. The van der Waals surface area contributed by atoms with Gasteiger partial charge in [0.2, 0.25) is 0 Å². The van der Waals surface area contributed by atoms with Crippen LogP contribution in [0.3, 0.4) is 0 Å². The molecule has 0 aliphatic rings. The van der Waals surface area contributed by atoms with E-state index in [-0.39, 0.29) is 12.5 Å². The van der Waals surface area contributed by atoms with Crippen molar-refractivity contribution in [1.82, 2.24) is 4.90 Å². The predicted octanol–water partition coefficient (Wildman–Crippen LogP) is 3.31. The Hall–Kier alpha value is -2.34. The molecule has 6 heteroatoms. The van der Waals surface area contributed by atoms with Gasteiger partial charge < -0.3 is 14.4 Å². The van der Waals surface area contributed by atoms with Crippen molar-refractivity contribution in [3.63, 3.8) is 0 Å². The zero-order valence-corrected chi connectivity index (χ0v) is 15.1. The molecule has 0 aliphatic heterocycles. The van der Waals surface area contributed by atoms with E-state index in [1.165, 1.54) is 7.11 Å². The molecule has 2 rings (SSSR count). The minimum absolute atomic E-state index is 0.113. The van der Waals surface area contributed by atoms with Crippen LogP contribution >= 0.6 is 15.9 Å². The molecule has 0 saturated heterocycles. The quantitative estimate of drug-likeness (QED) is 0.679. The number of amides is 1. The summed E-state index contributed by atoms with van der Waals surface area (Å²) in [4.78, 5) is 24.6. The highest BCUT2D eigenvalue weighted by Crippen LogP contribution is 2.27. The van der Waals surface area contributed by atoms with Crippen molar-refractivity contribution in [2.45, 2.75) is 6.54 Å². The first-order valence-corrected chi connectivity index (χ1v) is 8.08. The maximum Gasteiger partial charge on any atom is 0.260 e. The number of carbonyl (C=O) groups excluding carboxylic acids is 2. The van der Waals surface area contributed by atoms with Gasteiger partial charge in [-0.1, -0.05) is 34.1 Å². The zero-order chi connectivity index (χ0) is 17.5. The molecule has 0 fully saturated rings. The van der Waals surface area contributed by atoms with Crippen molar-refractivity contribution in [3.8, 4) is 11.5 Å². The van der Waals surface area contributed by atoms with Gasteiger partial charge in [-0.2, -0.15) is 0 Å². The lowest BCUT2D eigenvalue weighted by atomic mass is 10.2. The first-order valence-electron chi connectivity index (χ1n) is 7.28. The van der Waals surface area contributed by atoms with Gasteiger partial charge in [-0.15, -0.1) is 0 Å². The number of methoxy groups -OCH3 is 1. The molecule has 0 heterocycles. The van der Waals surface area contributed by atoms with Crippen molar-refractivity contribution >= 4 is 28.1 Å². The molecule has 0 saturated carbocycles. The largest absolute Gasteiger partial charge is 0.493 e. The fourth-order valence-electron chi connectivity index (χ4n) is 2.10. The standard InChI is InChI=1S/C18H18BrNO4/c1-20(10-14-5-3-4-6-15(14)19)18(22)12-24-16-8-7-13(11-21)9-17(16)23-2/h3-9,11H,10,12H2,1-2H3. The van der Waals surface area contributed by atoms with Crippen molar-refractivity contribution in [2.24, 2.45) is 0 Å². The summed E-state index contributed by atoms with van der Waals surface area (Å²) in [6.07, 6.45) is 0.725. The smallest absolute Gasteiger partial charge is 0.260 e. The molecule has 2 aromatic carbocycles. The van der Waals surface area contributed by atoms with Crippen molar-refractivity contribution in [3.05, 3.63) is 58.1 Å². The Bertz CT molecular complexity index is 733. The van der Waals surface area contributed by atoms with Crippen LogP contribution in [0.2, 0.25) is 0 Å². The fraction of sp³-hybridized carbons (Fsp3) is 0.222. The van der Waals surface area contributed by atoms with E-state index < -0.39 is 0 Å². The second-order valence-electron chi connectivity index (χ2n) is 5.16. The Morgan fingerprint density at radius 2 is 1.96 bits per heavy atom. The highest BCUT2D eigenvalue weighted by Gasteiger charge is 2.13. The second-order valence-corrected chi connectivity index (χ2v) is 6.01. The summed E-state index contributed by atoms with van der Waals surface area (Å²) in [6.45, 7) is 0.364. The van der Waals surface area contributed by atoms with E-state index in [9.17, 15) is 9.59 Å². The lowest BCUT2D eigenvalue weighted by Crippen LogP contribution is -2.31. The molecule has 0 bridgehead atoms. The third kappa shape index (κ3) is 4.58. The molecule has 0 aliphatic carbocycles. The van der Waals surface area contributed by atoms with Gasteiger partial charge in [0.15, 0.2) is 18.1 Å². The minimum Gasteiger partial charge on any atom is -0.493 e. The van der Waals surface area contributed by atoms with Gasteiger partial charge in [-0.25, -0.2) is 0 Å². The third-order valence-electron chi connectivity index (χ3n) is 3.47. The summed E-state index contributed by atoms with van der Waals surface area (Å²) >= 11 is 3.47. The average molecular weight is 392 g/mol. The van der Waals surface area contributed by atoms with Gasteiger partial charge in [0.05, 0.1) is 7.11 Å². The first kappa shape index (κ1) is 18.0. The van der Waals surface area contributed by atoms with E-state index in [1.54, 1.807) is 30.1 Å². The van der Waals surface area contributed by atoms with Crippen LogP contribution < -0.4 is 9.47 Å². The Morgan fingerprint density at radius 3 is 2.62 bits per heavy atom. The summed E-state index contributed by atoms with van der Waals surface area (Å²) < 4.78 is 11.7. The van der Waals surface area contributed by atoms with Crippen molar-refractivity contribution < 1.29 is 19.1 Å². The van der Waals surface area contributed by atoms with Crippen LogP contribution in [0.4, 0.5) is 0 Å². The molecule has 24 heavy (non-hydrogen) atoms. The van der Waals surface area contributed by atoms with Crippen LogP contribution in [0.5, 0.6) is 11.5 Å². The lowest BCUT2D eigenvalue weighted by molar-refractivity contribution is -0.132. The molecule has 0 spiro atoms. The van der Waals surface area contributed by atoms with E-state index >= 15 is 0 Å². The summed E-state index contributed by atoms with van der Waals surface area (Å²) in [5.41, 5.74) is 1.50. The molecule has 0 N–H and O–H groups in total. The normalized spacial score (nSPS) is 10.1. The number of likely N-dealkylation sites (N-methyl/N-ethyl adjacent to an activating group) is 1. The van der Waals surface area contributed by atoms with E-state index in [0.717, 1.165) is 16.3 Å². The highest BCUT2D eigenvalue weighted by molar-refractivity contribution is 9.10. The number of aldehydes is 1. The maximum atomic E-state index is 12.2. The fourth-order valence-corrected chi connectivity index (χ4v) is 2.51. The van der Waals surface area contributed by atoms with Crippen LogP contribution in [0.15, 0.2) is 46.9 Å². The summed E-state index contributed by atoms with van der Waals surface area (Å²) in [7, 11) is 3.20. The van der Waals surface area contributed by atoms with Crippen LogP contribution in [-0.2, 0) is 11.3 Å². The molecule has 1 amide bonds. The molecule has 0 radical (unpaired) electrons. The van der Waals surface area contributed by atoms with Crippen LogP contribution in [0, 0.1) is 0 Å². The van der Waals surface area contributed by atoms with Gasteiger partial charge in [-0.3, -0.25) is 9.59 Å².